The second-order valence-corrected chi connectivity index (χ2v) is 9.19. The quantitative estimate of drug-likeness (QED) is 0.686. The molecular weight excluding hydrogens is 422 g/mol. The summed E-state index contributed by atoms with van der Waals surface area (Å²) < 4.78 is 6.01. The molecule has 1 amide bonds. The molecular formula is C25H25N3O3S. The van der Waals surface area contributed by atoms with Crippen LogP contribution in [0.25, 0.3) is 0 Å². The molecule has 164 valence electrons. The summed E-state index contributed by atoms with van der Waals surface area (Å²) in [5, 5.41) is 12.9. The number of rotatable bonds is 6. The van der Waals surface area contributed by atoms with Crippen molar-refractivity contribution in [2.45, 2.75) is 50.7 Å². The molecule has 32 heavy (non-hydrogen) atoms. The van der Waals surface area contributed by atoms with Gasteiger partial charge in [-0.3, -0.25) is 9.59 Å². The van der Waals surface area contributed by atoms with Crippen LogP contribution in [0.5, 0.6) is 5.75 Å². The Morgan fingerprint density at radius 3 is 2.78 bits per heavy atom. The zero-order valence-corrected chi connectivity index (χ0v) is 18.6. The summed E-state index contributed by atoms with van der Waals surface area (Å²) in [6, 6.07) is 16.9. The van der Waals surface area contributed by atoms with E-state index in [1.54, 1.807) is 18.2 Å². The van der Waals surface area contributed by atoms with E-state index in [1.807, 2.05) is 30.3 Å². The third-order valence-corrected chi connectivity index (χ3v) is 6.64. The largest absolute Gasteiger partial charge is 0.490 e. The number of nitrogens with one attached hydrogen (secondary N) is 1. The molecule has 0 unspecified atom stereocenters. The highest BCUT2D eigenvalue weighted by Gasteiger charge is 2.24. The highest BCUT2D eigenvalue weighted by atomic mass is 32.2. The minimum absolute atomic E-state index is 0.0340. The topological polar surface area (TPSA) is 91.5 Å². The minimum Gasteiger partial charge on any atom is -0.490 e. The zero-order valence-electron chi connectivity index (χ0n) is 17.8. The average molecular weight is 448 g/mol. The lowest BCUT2D eigenvalue weighted by molar-refractivity contribution is -0.121. The number of para-hydroxylation sites is 1. The number of carbonyl (C=O) groups excluding carboxylic acids is 2. The number of Topliss-reactive ketones (excluding diaryl/α,β-unsaturated/α-hetero) is 1. The van der Waals surface area contributed by atoms with Crippen molar-refractivity contribution >= 4 is 34.2 Å². The van der Waals surface area contributed by atoms with E-state index in [2.05, 4.69) is 16.4 Å². The molecule has 1 heterocycles. The van der Waals surface area contributed by atoms with E-state index in [0.717, 1.165) is 36.5 Å². The summed E-state index contributed by atoms with van der Waals surface area (Å²) in [5.74, 6) is 1.45. The van der Waals surface area contributed by atoms with E-state index in [0.29, 0.717) is 35.4 Å². The van der Waals surface area contributed by atoms with Crippen LogP contribution in [0.4, 0.5) is 5.69 Å². The summed E-state index contributed by atoms with van der Waals surface area (Å²) in [4.78, 5) is 29.2. The predicted octanol–water partition coefficient (Wildman–Crippen LogP) is 4.80. The SMILES string of the molecule is N#Cc1cccc(OC2CCC(NC(=O)CCSC3=Nc4ccccc4C(=O)C3)CC2)c1. The van der Waals surface area contributed by atoms with Crippen LogP contribution in [0, 0.1) is 11.3 Å². The molecule has 1 fully saturated rings. The van der Waals surface area contributed by atoms with Crippen LogP contribution >= 0.6 is 11.8 Å². The van der Waals surface area contributed by atoms with Gasteiger partial charge in [0.15, 0.2) is 5.78 Å². The van der Waals surface area contributed by atoms with Crippen LogP contribution in [0.1, 0.15) is 54.4 Å². The van der Waals surface area contributed by atoms with Crippen LogP contribution in [-0.2, 0) is 4.79 Å². The molecule has 1 saturated carbocycles. The van der Waals surface area contributed by atoms with Crippen molar-refractivity contribution in [2.75, 3.05) is 5.75 Å². The lowest BCUT2D eigenvalue weighted by Gasteiger charge is -2.29. The molecule has 6 nitrogen and oxygen atoms in total. The minimum atomic E-state index is 0.0340. The molecule has 0 aromatic heterocycles. The molecule has 2 aromatic rings. The highest BCUT2D eigenvalue weighted by Crippen LogP contribution is 2.29. The van der Waals surface area contributed by atoms with Gasteiger partial charge in [0, 0.05) is 23.8 Å². The molecule has 0 atom stereocenters. The fourth-order valence-electron chi connectivity index (χ4n) is 4.01. The van der Waals surface area contributed by atoms with Crippen LogP contribution in [0.15, 0.2) is 53.5 Å². The zero-order chi connectivity index (χ0) is 22.3. The fourth-order valence-corrected chi connectivity index (χ4v) is 4.93. The van der Waals surface area contributed by atoms with Crippen molar-refractivity contribution in [3.8, 4) is 11.8 Å². The maximum absolute atomic E-state index is 12.4. The van der Waals surface area contributed by atoms with Gasteiger partial charge < -0.3 is 10.1 Å². The number of aliphatic imine (C=N–C) groups is 1. The monoisotopic (exact) mass is 447 g/mol. The van der Waals surface area contributed by atoms with Gasteiger partial charge in [0.2, 0.25) is 5.91 Å². The van der Waals surface area contributed by atoms with Crippen LogP contribution in [0.3, 0.4) is 0 Å². The van der Waals surface area contributed by atoms with Gasteiger partial charge in [0.25, 0.3) is 0 Å². The fraction of sp³-hybridized carbons (Fsp3) is 0.360. The number of hydrogen-bond acceptors (Lipinski definition) is 6. The van der Waals surface area contributed by atoms with Crippen molar-refractivity contribution in [1.82, 2.24) is 5.32 Å². The van der Waals surface area contributed by atoms with Crippen molar-refractivity contribution in [3.63, 3.8) is 0 Å². The van der Waals surface area contributed by atoms with E-state index in [9.17, 15) is 9.59 Å². The molecule has 4 rings (SSSR count). The van der Waals surface area contributed by atoms with Gasteiger partial charge >= 0.3 is 0 Å². The third-order valence-electron chi connectivity index (χ3n) is 5.66. The van der Waals surface area contributed by atoms with E-state index >= 15 is 0 Å². The number of thioether (sulfide) groups is 1. The molecule has 0 spiro atoms. The van der Waals surface area contributed by atoms with Gasteiger partial charge in [0.05, 0.1) is 34.9 Å². The van der Waals surface area contributed by atoms with Crippen molar-refractivity contribution in [3.05, 3.63) is 59.7 Å². The predicted molar refractivity (Wildman–Crippen MR) is 126 cm³/mol. The number of fused-ring (bicyclic) bond motifs is 1. The number of amides is 1. The molecule has 0 saturated heterocycles. The Hall–Kier alpha value is -3.11. The van der Waals surface area contributed by atoms with Crippen LogP contribution in [-0.4, -0.2) is 34.6 Å². The Kier molecular flexibility index (Phi) is 7.23. The number of nitriles is 1. The van der Waals surface area contributed by atoms with Gasteiger partial charge in [-0.2, -0.15) is 5.26 Å². The summed E-state index contributed by atoms with van der Waals surface area (Å²) in [5.41, 5.74) is 1.98. The standard InChI is InChI=1S/C25H25N3O3S/c26-16-17-4-3-5-20(14-17)31-19-10-8-18(9-11-19)27-24(30)12-13-32-25-15-23(29)21-6-1-2-7-22(21)28-25/h1-7,14,18-19H,8-13,15H2,(H,27,30). The molecule has 2 aliphatic rings. The van der Waals surface area contributed by atoms with Crippen molar-refractivity contribution < 1.29 is 14.3 Å². The second kappa shape index (κ2) is 10.5. The Bertz CT molecular complexity index is 1070. The summed E-state index contributed by atoms with van der Waals surface area (Å²) in [6.07, 6.45) is 4.31. The molecule has 1 N–H and O–H groups in total. The second-order valence-electron chi connectivity index (χ2n) is 8.02. The number of ketones is 1. The highest BCUT2D eigenvalue weighted by molar-refractivity contribution is 8.14. The number of benzene rings is 2. The average Bonchev–Trinajstić information content (AvgIpc) is 2.80. The summed E-state index contributed by atoms with van der Waals surface area (Å²) in [7, 11) is 0. The maximum atomic E-state index is 12.4. The van der Waals surface area contributed by atoms with E-state index < -0.39 is 0 Å². The van der Waals surface area contributed by atoms with Gasteiger partial charge in [-0.05, 0) is 56.0 Å². The first-order valence-electron chi connectivity index (χ1n) is 10.9. The van der Waals surface area contributed by atoms with Crippen molar-refractivity contribution in [1.29, 1.82) is 5.26 Å². The van der Waals surface area contributed by atoms with Crippen LogP contribution in [0.2, 0.25) is 0 Å². The summed E-state index contributed by atoms with van der Waals surface area (Å²) in [6.45, 7) is 0. The van der Waals surface area contributed by atoms with Gasteiger partial charge in [0.1, 0.15) is 5.75 Å². The van der Waals surface area contributed by atoms with Gasteiger partial charge in [-0.15, -0.1) is 11.8 Å². The lowest BCUT2D eigenvalue weighted by atomic mass is 9.93. The molecule has 0 bridgehead atoms. The third kappa shape index (κ3) is 5.77. The number of ether oxygens (including phenoxy) is 1. The van der Waals surface area contributed by atoms with Gasteiger partial charge in [-0.25, -0.2) is 4.99 Å². The smallest absolute Gasteiger partial charge is 0.221 e. The van der Waals surface area contributed by atoms with Crippen LogP contribution < -0.4 is 10.1 Å². The molecule has 1 aliphatic carbocycles. The molecule has 2 aromatic carbocycles. The Labute approximate surface area is 192 Å². The summed E-state index contributed by atoms with van der Waals surface area (Å²) >= 11 is 1.49. The van der Waals surface area contributed by atoms with E-state index in [1.165, 1.54) is 11.8 Å². The molecule has 1 aliphatic heterocycles. The molecule has 7 heteroatoms. The number of hydrogen-bond donors (Lipinski definition) is 1. The lowest BCUT2D eigenvalue weighted by Crippen LogP contribution is -2.39. The van der Waals surface area contributed by atoms with Gasteiger partial charge in [-0.1, -0.05) is 18.2 Å². The Balaban J connectivity index is 1.17. The normalized spacial score (nSPS) is 20.0. The first-order chi connectivity index (χ1) is 15.6. The number of nitrogens with zero attached hydrogens (tertiary/aromatic N) is 2. The molecule has 0 radical (unpaired) electrons. The Morgan fingerprint density at radius 1 is 1.16 bits per heavy atom. The Morgan fingerprint density at radius 2 is 1.97 bits per heavy atom. The van der Waals surface area contributed by atoms with E-state index in [4.69, 9.17) is 10.00 Å². The van der Waals surface area contributed by atoms with Crippen molar-refractivity contribution in [2.24, 2.45) is 4.99 Å². The first kappa shape index (κ1) is 22.1. The first-order valence-corrected chi connectivity index (χ1v) is 11.9. The number of carbonyl (C=O) groups is 2. The van der Waals surface area contributed by atoms with E-state index in [-0.39, 0.29) is 23.8 Å². The maximum Gasteiger partial charge on any atom is 0.221 e.